The van der Waals surface area contributed by atoms with Crippen molar-refractivity contribution in [2.75, 3.05) is 11.9 Å². The molecule has 1 aromatic carbocycles. The minimum Gasteiger partial charge on any atom is -0.359 e. The van der Waals surface area contributed by atoms with Gasteiger partial charge in [0, 0.05) is 6.54 Å². The van der Waals surface area contributed by atoms with Crippen molar-refractivity contribution in [3.8, 4) is 0 Å². The molecule has 1 rings (SSSR count). The van der Waals surface area contributed by atoms with Gasteiger partial charge in [-0.15, -0.1) is 6.58 Å². The summed E-state index contributed by atoms with van der Waals surface area (Å²) in [5.41, 5.74) is -4.10. The van der Waals surface area contributed by atoms with Gasteiger partial charge in [-0.2, -0.15) is 13.2 Å². The Labute approximate surface area is 119 Å². The number of anilines is 1. The first kappa shape index (κ1) is 17.2. The van der Waals surface area contributed by atoms with E-state index in [4.69, 9.17) is 0 Å². The average molecular weight is 332 g/mol. The highest BCUT2D eigenvalue weighted by Gasteiger charge is 2.42. The normalized spacial score (nSPS) is 11.2. The second-order valence-corrected chi connectivity index (χ2v) is 4.04. The van der Waals surface area contributed by atoms with Crippen LogP contribution in [-0.2, 0) is 6.18 Å². The second kappa shape index (κ2) is 6.29. The molecule has 10 heteroatoms. The van der Waals surface area contributed by atoms with Crippen LogP contribution in [0, 0.1) is 23.3 Å². The third-order valence-corrected chi connectivity index (χ3v) is 2.44. The third kappa shape index (κ3) is 3.63. The smallest absolute Gasteiger partial charge is 0.359 e. The van der Waals surface area contributed by atoms with Gasteiger partial charge in [-0.25, -0.2) is 17.6 Å². The highest BCUT2D eigenvalue weighted by Crippen LogP contribution is 2.38. The minimum atomic E-state index is -5.59. The van der Waals surface area contributed by atoms with Crippen molar-refractivity contribution in [2.45, 2.75) is 6.18 Å². The number of nitrogens with one attached hydrogen (secondary N) is 2. The van der Waals surface area contributed by atoms with Crippen molar-refractivity contribution in [1.29, 1.82) is 0 Å². The lowest BCUT2D eigenvalue weighted by molar-refractivity contribution is -0.143. The van der Waals surface area contributed by atoms with Crippen molar-refractivity contribution in [2.24, 2.45) is 0 Å². The zero-order valence-electron chi connectivity index (χ0n) is 10.0. The van der Waals surface area contributed by atoms with E-state index in [1.54, 1.807) is 5.32 Å². The molecule has 0 spiro atoms. The van der Waals surface area contributed by atoms with E-state index < -0.39 is 45.8 Å². The number of hydrogen-bond donors (Lipinski definition) is 2. The fourth-order valence-corrected chi connectivity index (χ4v) is 1.50. The van der Waals surface area contributed by atoms with Crippen molar-refractivity contribution in [3.63, 3.8) is 0 Å². The molecule has 0 atom stereocenters. The fourth-order valence-electron chi connectivity index (χ4n) is 1.31. The minimum absolute atomic E-state index is 0.0562. The average Bonchev–Trinajstić information content (AvgIpc) is 2.37. The zero-order chi connectivity index (χ0) is 16.4. The molecule has 0 aliphatic rings. The molecular weight excluding hydrogens is 325 g/mol. The number of thiocarbonyl (C=S) groups is 1. The molecular formula is C11H7F7N2S. The molecule has 2 N–H and O–H groups in total. The van der Waals surface area contributed by atoms with Gasteiger partial charge in [-0.1, -0.05) is 6.08 Å². The Balaban J connectivity index is 3.31. The predicted octanol–water partition coefficient (Wildman–Crippen LogP) is 3.73. The Morgan fingerprint density at radius 1 is 1.05 bits per heavy atom. The predicted molar refractivity (Wildman–Crippen MR) is 65.7 cm³/mol. The van der Waals surface area contributed by atoms with Crippen molar-refractivity contribution < 1.29 is 30.7 Å². The molecule has 116 valence electrons. The zero-order valence-corrected chi connectivity index (χ0v) is 10.9. The molecule has 0 amide bonds. The largest absolute Gasteiger partial charge is 0.422 e. The summed E-state index contributed by atoms with van der Waals surface area (Å²) in [5.74, 6) is -9.58. The van der Waals surface area contributed by atoms with Crippen molar-refractivity contribution in [1.82, 2.24) is 5.32 Å². The topological polar surface area (TPSA) is 24.1 Å². The van der Waals surface area contributed by atoms with Gasteiger partial charge < -0.3 is 10.6 Å². The van der Waals surface area contributed by atoms with E-state index in [0.29, 0.717) is 0 Å². The third-order valence-electron chi connectivity index (χ3n) is 2.19. The van der Waals surface area contributed by atoms with Crippen LogP contribution in [0.25, 0.3) is 0 Å². The highest BCUT2D eigenvalue weighted by molar-refractivity contribution is 7.80. The first-order valence-corrected chi connectivity index (χ1v) is 5.61. The van der Waals surface area contributed by atoms with Crippen LogP contribution in [-0.4, -0.2) is 11.7 Å². The highest BCUT2D eigenvalue weighted by atomic mass is 32.1. The molecule has 0 saturated heterocycles. The number of rotatable bonds is 3. The molecule has 0 radical (unpaired) electrons. The molecule has 2 nitrogen and oxygen atoms in total. The molecule has 0 saturated carbocycles. The van der Waals surface area contributed by atoms with Crippen LogP contribution in [0.2, 0.25) is 0 Å². The number of benzene rings is 1. The van der Waals surface area contributed by atoms with E-state index in [1.807, 2.05) is 0 Å². The van der Waals surface area contributed by atoms with Crippen molar-refractivity contribution >= 4 is 23.0 Å². The molecule has 0 aliphatic heterocycles. The van der Waals surface area contributed by atoms with E-state index in [9.17, 15) is 30.7 Å². The van der Waals surface area contributed by atoms with Gasteiger partial charge in [-0.3, -0.25) is 0 Å². The maximum Gasteiger partial charge on any atom is 0.422 e. The van der Waals surface area contributed by atoms with Gasteiger partial charge in [0.05, 0.1) is 0 Å². The van der Waals surface area contributed by atoms with E-state index >= 15 is 0 Å². The van der Waals surface area contributed by atoms with Gasteiger partial charge in [0.1, 0.15) is 11.3 Å². The maximum atomic E-state index is 13.5. The second-order valence-electron chi connectivity index (χ2n) is 3.63. The van der Waals surface area contributed by atoms with Gasteiger partial charge in [0.15, 0.2) is 28.4 Å². The first-order valence-electron chi connectivity index (χ1n) is 5.20. The lowest BCUT2D eigenvalue weighted by atomic mass is 10.1. The Morgan fingerprint density at radius 3 is 1.90 bits per heavy atom. The number of hydrogen-bond acceptors (Lipinski definition) is 1. The van der Waals surface area contributed by atoms with Gasteiger partial charge in [-0.05, 0) is 12.2 Å². The summed E-state index contributed by atoms with van der Waals surface area (Å²) < 4.78 is 90.5. The van der Waals surface area contributed by atoms with Gasteiger partial charge in [0.2, 0.25) is 0 Å². The fraction of sp³-hybridized carbons (Fsp3) is 0.182. The molecule has 0 heterocycles. The van der Waals surface area contributed by atoms with Crippen LogP contribution < -0.4 is 10.6 Å². The molecule has 1 aromatic rings. The molecule has 0 aromatic heterocycles. The lowest BCUT2D eigenvalue weighted by Gasteiger charge is -2.15. The van der Waals surface area contributed by atoms with E-state index in [-0.39, 0.29) is 6.54 Å². The van der Waals surface area contributed by atoms with Crippen LogP contribution in [0.4, 0.5) is 36.4 Å². The van der Waals surface area contributed by atoms with Crippen LogP contribution in [0.5, 0.6) is 0 Å². The summed E-state index contributed by atoms with van der Waals surface area (Å²) in [6.45, 7) is 3.35. The molecule has 0 unspecified atom stereocenters. The Morgan fingerprint density at radius 2 is 1.52 bits per heavy atom. The van der Waals surface area contributed by atoms with Crippen LogP contribution in [0.1, 0.15) is 5.56 Å². The summed E-state index contributed by atoms with van der Waals surface area (Å²) in [6, 6.07) is 0. The van der Waals surface area contributed by atoms with Gasteiger partial charge in [0.25, 0.3) is 0 Å². The molecule has 0 bridgehead atoms. The number of halogens is 7. The molecule has 21 heavy (non-hydrogen) atoms. The Bertz CT molecular complexity index is 554. The van der Waals surface area contributed by atoms with E-state index in [2.05, 4.69) is 24.1 Å². The Kier molecular flexibility index (Phi) is 5.15. The van der Waals surface area contributed by atoms with Gasteiger partial charge >= 0.3 is 6.18 Å². The van der Waals surface area contributed by atoms with E-state index in [0.717, 1.165) is 0 Å². The first-order chi connectivity index (χ1) is 9.61. The maximum absolute atomic E-state index is 13.5. The summed E-state index contributed by atoms with van der Waals surface area (Å²) >= 11 is 4.54. The van der Waals surface area contributed by atoms with Crippen LogP contribution >= 0.6 is 12.2 Å². The van der Waals surface area contributed by atoms with Crippen molar-refractivity contribution in [3.05, 3.63) is 41.5 Å². The van der Waals surface area contributed by atoms with E-state index in [1.165, 1.54) is 6.08 Å². The molecule has 0 fully saturated rings. The standard InChI is InChI=1S/C11H7F7N2S/c1-2-3-19-10(21)20-9-7(14)5(12)4(11(16,17)18)6(13)8(9)15/h2H,1,3H2,(H2,19,20,21). The van der Waals surface area contributed by atoms with Crippen LogP contribution in [0.3, 0.4) is 0 Å². The summed E-state index contributed by atoms with van der Waals surface area (Å²) in [4.78, 5) is 0. The van der Waals surface area contributed by atoms with Crippen LogP contribution in [0.15, 0.2) is 12.7 Å². The monoisotopic (exact) mass is 332 g/mol. The SMILES string of the molecule is C=CCNC(=S)Nc1c(F)c(F)c(C(F)(F)F)c(F)c1F. The number of alkyl halides is 3. The quantitative estimate of drug-likeness (QED) is 0.382. The summed E-state index contributed by atoms with van der Waals surface area (Å²) in [6.07, 6.45) is -4.27. The summed E-state index contributed by atoms with van der Waals surface area (Å²) in [7, 11) is 0. The summed E-state index contributed by atoms with van der Waals surface area (Å²) in [5, 5.41) is 3.62. The Hall–Kier alpha value is -1.84. The molecule has 0 aliphatic carbocycles. The lowest BCUT2D eigenvalue weighted by Crippen LogP contribution is -2.30.